The molecule has 3 fully saturated rings. The lowest BCUT2D eigenvalue weighted by Crippen LogP contribution is -2.67. The van der Waals surface area contributed by atoms with Gasteiger partial charge in [-0.2, -0.15) is 0 Å². The van der Waals surface area contributed by atoms with Crippen molar-refractivity contribution in [3.05, 3.63) is 11.6 Å². The predicted octanol–water partition coefficient (Wildman–Crippen LogP) is 7.59. The van der Waals surface area contributed by atoms with Gasteiger partial charge < -0.3 is 25.0 Å². The molecule has 11 atom stereocenters. The number of hydrogen-bond acceptors (Lipinski definition) is 5. The lowest BCUT2D eigenvalue weighted by Gasteiger charge is -2.70. The van der Waals surface area contributed by atoms with Crippen molar-refractivity contribution >= 4 is 5.97 Å². The van der Waals surface area contributed by atoms with Gasteiger partial charge in [0.05, 0.1) is 31.3 Å². The number of allylic oxidation sites excluding steroid dienone is 1. The largest absolute Gasteiger partial charge is 0.481 e. The summed E-state index contributed by atoms with van der Waals surface area (Å²) in [7, 11) is 3.80. The minimum absolute atomic E-state index is 0.0644. The lowest BCUT2D eigenvalue weighted by molar-refractivity contribution is -0.222. The number of aliphatic carboxylic acids is 1. The van der Waals surface area contributed by atoms with E-state index in [1.165, 1.54) is 5.57 Å². The van der Waals surface area contributed by atoms with Crippen molar-refractivity contribution in [3.63, 3.8) is 0 Å². The molecule has 0 aromatic rings. The van der Waals surface area contributed by atoms with Gasteiger partial charge in [-0.1, -0.05) is 87.8 Å². The maximum absolute atomic E-state index is 13.3. The molecule has 0 unspecified atom stereocenters. The van der Waals surface area contributed by atoms with Crippen LogP contribution in [0.25, 0.3) is 0 Å². The van der Waals surface area contributed by atoms with Gasteiger partial charge in [-0.3, -0.25) is 4.79 Å². The van der Waals surface area contributed by atoms with Crippen LogP contribution in [0.5, 0.6) is 0 Å². The van der Waals surface area contributed by atoms with Crippen molar-refractivity contribution in [2.75, 3.05) is 27.4 Å². The zero-order valence-corrected chi connectivity index (χ0v) is 30.5. The Kier molecular flexibility index (Phi) is 9.74. The molecule has 3 saturated carbocycles. The van der Waals surface area contributed by atoms with Crippen LogP contribution in [0.3, 0.4) is 0 Å². The Bertz CT molecular complexity index is 1090. The summed E-state index contributed by atoms with van der Waals surface area (Å²) in [5, 5.41) is 25.9. The van der Waals surface area contributed by atoms with Crippen LogP contribution >= 0.6 is 0 Å². The monoisotopic (exact) mass is 618 g/mol. The number of carboxylic acid groups (broad SMARTS) is 1. The second kappa shape index (κ2) is 11.9. The van der Waals surface area contributed by atoms with E-state index in [0.29, 0.717) is 18.4 Å². The lowest BCUT2D eigenvalue weighted by atomic mass is 9.34. The molecule has 0 radical (unpaired) electrons. The Hall–Kier alpha value is -0.950. The Balaban J connectivity index is 1.76. The first-order valence-electron chi connectivity index (χ1n) is 17.6. The summed E-state index contributed by atoms with van der Waals surface area (Å²) in [4.78, 5) is 13.3. The van der Waals surface area contributed by atoms with Crippen molar-refractivity contribution in [2.24, 2.45) is 62.1 Å². The number of aliphatic hydroxyl groups is 1. The first-order chi connectivity index (χ1) is 20.2. The van der Waals surface area contributed by atoms with Crippen molar-refractivity contribution in [2.45, 2.75) is 133 Å². The molecule has 0 aromatic heterocycles. The third-order valence-corrected chi connectivity index (χ3v) is 14.9. The molecule has 4 aliphatic carbocycles. The molecule has 0 spiro atoms. The molecule has 4 aliphatic rings. The molecule has 0 aliphatic heterocycles. The van der Waals surface area contributed by atoms with E-state index < -0.39 is 17.3 Å². The second-order valence-corrected chi connectivity index (χ2v) is 18.3. The number of rotatable bonds is 9. The summed E-state index contributed by atoms with van der Waals surface area (Å²) in [6, 6.07) is 0.215. The standard InChI is InChI=1S/C38H67NO5/c1-23(2)24(3)35(9)18-19-36(10)25-14-15-28-34(7,8)31(44-21-29(39-12)33(4,5)6)27(43-13)20-38(28,22-40)26(25)16-17-37(36,11)30(35)32(41)42/h16,23-25,27-31,39-40H,14-15,17-22H2,1-13H3,(H,41,42)/t24-,25+,27-,28+,29+,30-,31+,35-,36-,37+,38+/m1/s1. The summed E-state index contributed by atoms with van der Waals surface area (Å²) in [5.41, 5.74) is 0.0598. The summed E-state index contributed by atoms with van der Waals surface area (Å²) in [5.74, 6) is 0.195. The molecule has 4 rings (SSSR count). The van der Waals surface area contributed by atoms with E-state index in [1.54, 1.807) is 7.11 Å². The number of carbonyl (C=O) groups is 1. The van der Waals surface area contributed by atoms with Crippen LogP contribution in [-0.2, 0) is 14.3 Å². The smallest absolute Gasteiger partial charge is 0.307 e. The first kappa shape index (κ1) is 35.9. The van der Waals surface area contributed by atoms with Gasteiger partial charge in [0.15, 0.2) is 0 Å². The number of ether oxygens (including phenoxy) is 2. The summed E-state index contributed by atoms with van der Waals surface area (Å²) >= 11 is 0. The average molecular weight is 618 g/mol. The van der Waals surface area contributed by atoms with E-state index in [-0.39, 0.29) is 63.8 Å². The van der Waals surface area contributed by atoms with Crippen LogP contribution in [0.1, 0.15) is 115 Å². The number of nitrogens with one attached hydrogen (secondary N) is 1. The zero-order valence-electron chi connectivity index (χ0n) is 30.5. The Labute approximate surface area is 269 Å². The SMILES string of the molecule is CN[C@@H](CO[C@H]1[C@H](OC)C[C@]2(CO)C3=CC[C@@]4(C)[C@H](C(=O)O)[C@@](C)([C@H](C)C(C)C)CC[C@]4(C)[C@H]3CC[C@H]2C1(C)C)C(C)(C)C. The van der Waals surface area contributed by atoms with Gasteiger partial charge >= 0.3 is 5.97 Å². The minimum atomic E-state index is -0.635. The van der Waals surface area contributed by atoms with Crippen molar-refractivity contribution in [3.8, 4) is 0 Å². The van der Waals surface area contributed by atoms with E-state index in [4.69, 9.17) is 9.47 Å². The number of aliphatic hydroxyl groups excluding tert-OH is 1. The molecular weight excluding hydrogens is 550 g/mol. The molecule has 0 bridgehead atoms. The van der Waals surface area contributed by atoms with Crippen molar-refractivity contribution in [1.82, 2.24) is 5.32 Å². The number of fused-ring (bicyclic) bond motifs is 5. The average Bonchev–Trinajstić information content (AvgIpc) is 2.93. The maximum Gasteiger partial charge on any atom is 0.307 e. The van der Waals surface area contributed by atoms with Crippen molar-refractivity contribution < 1.29 is 24.5 Å². The maximum atomic E-state index is 13.3. The highest BCUT2D eigenvalue weighted by Crippen LogP contribution is 2.74. The van der Waals surface area contributed by atoms with Gasteiger partial charge in [0.25, 0.3) is 0 Å². The minimum Gasteiger partial charge on any atom is -0.481 e. The third kappa shape index (κ3) is 5.15. The topological polar surface area (TPSA) is 88.0 Å². The molecule has 6 heteroatoms. The van der Waals surface area contributed by atoms with Gasteiger partial charge in [0.2, 0.25) is 0 Å². The molecule has 0 aromatic carbocycles. The molecule has 0 saturated heterocycles. The molecule has 0 heterocycles. The van der Waals surface area contributed by atoms with Crippen LogP contribution in [0.4, 0.5) is 0 Å². The van der Waals surface area contributed by atoms with Crippen LogP contribution in [0.2, 0.25) is 0 Å². The Morgan fingerprint density at radius 1 is 1.07 bits per heavy atom. The van der Waals surface area contributed by atoms with E-state index >= 15 is 0 Å². The molecule has 6 nitrogen and oxygen atoms in total. The highest BCUT2D eigenvalue weighted by atomic mass is 16.5. The van der Waals surface area contributed by atoms with Gasteiger partial charge in [-0.15, -0.1) is 0 Å². The van der Waals surface area contributed by atoms with Crippen molar-refractivity contribution in [1.29, 1.82) is 0 Å². The number of hydrogen-bond donors (Lipinski definition) is 3. The molecular formula is C38H67NO5. The Morgan fingerprint density at radius 2 is 1.70 bits per heavy atom. The molecule has 0 amide bonds. The fourth-order valence-corrected chi connectivity index (χ4v) is 11.6. The molecule has 3 N–H and O–H groups in total. The highest BCUT2D eigenvalue weighted by molar-refractivity contribution is 5.73. The normalized spacial score (nSPS) is 43.3. The second-order valence-electron chi connectivity index (χ2n) is 18.3. The van der Waals surface area contributed by atoms with Crippen LogP contribution in [0.15, 0.2) is 11.6 Å². The summed E-state index contributed by atoms with van der Waals surface area (Å²) < 4.78 is 13.1. The summed E-state index contributed by atoms with van der Waals surface area (Å²) in [6.07, 6.45) is 7.66. The molecule has 254 valence electrons. The number of likely N-dealkylation sites (N-methyl/N-ethyl adjacent to an activating group) is 1. The van der Waals surface area contributed by atoms with Gasteiger partial charge in [-0.25, -0.2) is 0 Å². The quantitative estimate of drug-likeness (QED) is 0.231. The fourth-order valence-electron chi connectivity index (χ4n) is 11.6. The van der Waals surface area contributed by atoms with Gasteiger partial charge in [0.1, 0.15) is 0 Å². The van der Waals surface area contributed by atoms with Crippen LogP contribution in [0, 0.1) is 62.1 Å². The first-order valence-corrected chi connectivity index (χ1v) is 17.6. The highest BCUT2D eigenvalue weighted by Gasteiger charge is 2.70. The third-order valence-electron chi connectivity index (χ3n) is 14.9. The van der Waals surface area contributed by atoms with E-state index in [9.17, 15) is 15.0 Å². The van der Waals surface area contributed by atoms with E-state index in [0.717, 1.165) is 38.5 Å². The molecule has 44 heavy (non-hydrogen) atoms. The van der Waals surface area contributed by atoms with E-state index in [1.807, 2.05) is 7.05 Å². The summed E-state index contributed by atoms with van der Waals surface area (Å²) in [6.45, 7) is 25.8. The Morgan fingerprint density at radius 3 is 2.20 bits per heavy atom. The van der Waals surface area contributed by atoms with Crippen LogP contribution < -0.4 is 5.32 Å². The number of carboxylic acids is 1. The zero-order chi connectivity index (χ0) is 33.3. The van der Waals surface area contributed by atoms with Gasteiger partial charge in [-0.05, 0) is 96.3 Å². The fraction of sp³-hybridized carbons (Fsp3) is 0.921. The number of methoxy groups -OCH3 is 1. The van der Waals surface area contributed by atoms with Crippen LogP contribution in [-0.4, -0.2) is 61.8 Å². The van der Waals surface area contributed by atoms with Gasteiger partial charge in [0, 0.05) is 18.6 Å². The predicted molar refractivity (Wildman–Crippen MR) is 178 cm³/mol. The van der Waals surface area contributed by atoms with E-state index in [2.05, 4.69) is 87.6 Å².